The van der Waals surface area contributed by atoms with Crippen LogP contribution in [0.5, 0.6) is 0 Å². The topological polar surface area (TPSA) is 351 Å². The van der Waals surface area contributed by atoms with Crippen LogP contribution in [0.25, 0.3) is 0 Å². The van der Waals surface area contributed by atoms with E-state index in [1.165, 1.54) is 0 Å². The molecule has 0 bridgehead atoms. The predicted molar refractivity (Wildman–Crippen MR) is 88.5 cm³/mol. The molecule has 0 aromatic heterocycles. The van der Waals surface area contributed by atoms with Gasteiger partial charge in [-0.05, 0) is 0 Å². The lowest BCUT2D eigenvalue weighted by Crippen LogP contribution is -1.91. The van der Waals surface area contributed by atoms with Crippen molar-refractivity contribution in [2.24, 2.45) is 0 Å². The molecular formula is C2H14F6O19P6. The van der Waals surface area contributed by atoms with Crippen LogP contribution >= 0.6 is 47.4 Å². The molecule has 0 aliphatic rings. The Morgan fingerprint density at radius 3 is 0.576 bits per heavy atom. The van der Waals surface area contributed by atoms with E-state index in [9.17, 15) is 34.5 Å². The second-order valence-electron chi connectivity index (χ2n) is 3.40. The van der Waals surface area contributed by atoms with Crippen molar-refractivity contribution in [3.63, 3.8) is 0 Å². The molecular weight excluding hydrogens is 628 g/mol. The van der Waals surface area contributed by atoms with Crippen molar-refractivity contribution in [2.75, 3.05) is 0 Å². The van der Waals surface area contributed by atoms with Crippen LogP contribution < -0.4 is 0 Å². The quantitative estimate of drug-likeness (QED) is 0.139. The van der Waals surface area contributed by atoms with E-state index in [2.05, 4.69) is 4.52 Å². The zero-order valence-corrected chi connectivity index (χ0v) is 20.0. The van der Waals surface area contributed by atoms with Gasteiger partial charge in [-0.3, -0.25) is 58.6 Å². The first-order valence-corrected chi connectivity index (χ1v) is 14.4. The first-order valence-electron chi connectivity index (χ1n) is 5.40. The van der Waals surface area contributed by atoms with Gasteiger partial charge in [-0.1, -0.05) is 0 Å². The largest absolute Gasteiger partial charge is 0.569 e. The van der Waals surface area contributed by atoms with Gasteiger partial charge in [0.2, 0.25) is 0 Å². The van der Waals surface area contributed by atoms with Crippen molar-refractivity contribution in [3.8, 4) is 0 Å². The molecule has 208 valence electrons. The highest BCUT2D eigenvalue weighted by Gasteiger charge is 2.19. The van der Waals surface area contributed by atoms with Gasteiger partial charge in [-0.15, -0.1) is 25.2 Å². The first-order chi connectivity index (χ1) is 13.4. The molecule has 0 rings (SSSR count). The fourth-order valence-corrected chi connectivity index (χ4v) is 0.476. The van der Waals surface area contributed by atoms with E-state index < -0.39 is 53.4 Å². The Bertz CT molecular complexity index is 632. The van der Waals surface area contributed by atoms with Crippen molar-refractivity contribution >= 4 is 53.4 Å². The number of hydrogen-bond acceptors (Lipinski definition) is 8. The fraction of sp³-hybridized carbons (Fsp3) is 0.500. The van der Waals surface area contributed by atoms with Crippen LogP contribution in [0.3, 0.4) is 0 Å². The van der Waals surface area contributed by atoms with Gasteiger partial charge < -0.3 is 4.52 Å². The summed E-state index contributed by atoms with van der Waals surface area (Å²) in [6.45, 7) is 0.836. The third-order valence-corrected chi connectivity index (χ3v) is 0.723. The van der Waals surface area contributed by atoms with E-state index in [-0.39, 0.29) is 0 Å². The molecule has 0 aromatic carbocycles. The summed E-state index contributed by atoms with van der Waals surface area (Å²) in [5.41, 5.74) is 0. The fourth-order valence-electron chi connectivity index (χ4n) is 0.159. The van der Waals surface area contributed by atoms with Gasteiger partial charge in [-0.2, -0.15) is 0 Å². The summed E-state index contributed by atoms with van der Waals surface area (Å²) in [5, 5.41) is 0. The van der Waals surface area contributed by atoms with Crippen LogP contribution in [-0.2, 0) is 36.7 Å². The molecule has 0 fully saturated rings. The lowest BCUT2D eigenvalue weighted by atomic mass is 10.9. The third kappa shape index (κ3) is 1160. The highest BCUT2D eigenvalue weighted by Crippen LogP contribution is 2.43. The Morgan fingerprint density at radius 1 is 0.485 bits per heavy atom. The lowest BCUT2D eigenvalue weighted by Gasteiger charge is -1.96. The summed E-state index contributed by atoms with van der Waals surface area (Å²) in [6.07, 6.45) is 0. The van der Waals surface area contributed by atoms with E-state index in [4.69, 9.17) is 76.7 Å². The molecule has 0 radical (unpaired) electrons. The highest BCUT2D eigenvalue weighted by molar-refractivity contribution is 7.47. The second-order valence-corrected chi connectivity index (χ2v) is 9.21. The number of hydrogen-bond donors (Lipinski definition) is 11. The molecule has 0 saturated carbocycles. The minimum Gasteiger partial charge on any atom is -0.368 e. The second kappa shape index (κ2) is 19.2. The summed E-state index contributed by atoms with van der Waals surface area (Å²) in [4.78, 5) is 87.0. The Kier molecular flexibility index (Phi) is 27.0. The molecule has 0 amide bonds. The van der Waals surface area contributed by atoms with Crippen LogP contribution in [0.4, 0.5) is 25.2 Å². The zero-order valence-electron chi connectivity index (χ0n) is 14.6. The molecule has 19 nitrogen and oxygen atoms in total. The molecule has 33 heavy (non-hydrogen) atoms. The average molecular weight is 642 g/mol. The maximum atomic E-state index is 11.3. The van der Waals surface area contributed by atoms with Crippen LogP contribution in [0.1, 0.15) is 6.92 Å². The van der Waals surface area contributed by atoms with E-state index >= 15 is 0 Å². The summed E-state index contributed by atoms with van der Waals surface area (Å²) in [5.74, 6) is -1.11. The summed E-state index contributed by atoms with van der Waals surface area (Å²) in [7, 11) is -30.8. The van der Waals surface area contributed by atoms with Crippen molar-refractivity contribution in [2.45, 2.75) is 6.92 Å². The normalized spacial score (nSPS) is 13.0. The Balaban J connectivity index is -0.0000000671. The molecule has 1 unspecified atom stereocenters. The van der Waals surface area contributed by atoms with E-state index in [1.54, 1.807) is 0 Å². The molecule has 0 heterocycles. The van der Waals surface area contributed by atoms with Crippen molar-refractivity contribution < 1.29 is 116 Å². The molecule has 31 heteroatoms. The zero-order chi connectivity index (χ0) is 29.3. The summed E-state index contributed by atoms with van der Waals surface area (Å²) >= 11 is 0. The highest BCUT2D eigenvalue weighted by atomic mass is 31.2. The molecule has 0 saturated heterocycles. The number of carbonyl (C=O) groups excluding carboxylic acids is 1. The standard InChI is InChI=1S/C2H4FO4P.5FH2O3P/c1-2(4)7-8(3,5)6;5*1-5(2,3)4/h1H3,(H,5,6);5*(H2,2,3,4). The van der Waals surface area contributed by atoms with Crippen LogP contribution in [0.2, 0.25) is 0 Å². The smallest absolute Gasteiger partial charge is 0.368 e. The Hall–Kier alpha value is -0.0100. The molecule has 11 N–H and O–H groups in total. The van der Waals surface area contributed by atoms with Gasteiger partial charge in [-0.25, -0.2) is 27.4 Å². The van der Waals surface area contributed by atoms with Crippen LogP contribution in [0, 0.1) is 0 Å². The third-order valence-electron chi connectivity index (χ3n) is 0.241. The van der Waals surface area contributed by atoms with Gasteiger partial charge in [0, 0.05) is 6.92 Å². The summed E-state index contributed by atoms with van der Waals surface area (Å²) in [6, 6.07) is 0. The van der Waals surface area contributed by atoms with Crippen molar-refractivity contribution in [3.05, 3.63) is 0 Å². The van der Waals surface area contributed by atoms with Gasteiger partial charge in [0.25, 0.3) is 0 Å². The molecule has 0 aromatic rings. The molecule has 0 spiro atoms. The van der Waals surface area contributed by atoms with Gasteiger partial charge in [0.1, 0.15) is 0 Å². The SMILES string of the molecule is CC(=O)OP(=O)(O)F.O=P(O)(O)F.O=P(O)(O)F.O=P(O)(O)F.O=P(O)(O)F.O=P(O)(O)F. The predicted octanol–water partition coefficient (Wildman–Crippen LogP) is 0.862. The molecule has 0 aliphatic heterocycles. The van der Waals surface area contributed by atoms with Crippen molar-refractivity contribution in [1.82, 2.24) is 0 Å². The van der Waals surface area contributed by atoms with Gasteiger partial charge >= 0.3 is 53.4 Å². The molecule has 1 atom stereocenters. The van der Waals surface area contributed by atoms with E-state index in [0.29, 0.717) is 0 Å². The van der Waals surface area contributed by atoms with Crippen LogP contribution in [0.15, 0.2) is 0 Å². The minimum atomic E-state index is -5.14. The van der Waals surface area contributed by atoms with Crippen LogP contribution in [-0.4, -0.2) is 59.8 Å². The van der Waals surface area contributed by atoms with Gasteiger partial charge in [0.15, 0.2) is 0 Å². The molecule has 0 aliphatic carbocycles. The number of halogens is 6. The van der Waals surface area contributed by atoms with E-state index in [1.807, 2.05) is 0 Å². The number of carbonyl (C=O) groups is 1. The van der Waals surface area contributed by atoms with Crippen molar-refractivity contribution in [1.29, 1.82) is 0 Å². The maximum Gasteiger partial charge on any atom is 0.569 e. The first kappa shape index (κ1) is 46.3. The van der Waals surface area contributed by atoms with Gasteiger partial charge in [0.05, 0.1) is 0 Å². The monoisotopic (exact) mass is 642 g/mol. The maximum absolute atomic E-state index is 11.3. The Labute approximate surface area is 177 Å². The summed E-state index contributed by atoms with van der Waals surface area (Å²) < 4.78 is 119. The van der Waals surface area contributed by atoms with E-state index in [0.717, 1.165) is 6.92 Å². The Morgan fingerprint density at radius 2 is 0.576 bits per heavy atom. The number of rotatable bonds is 1. The lowest BCUT2D eigenvalue weighted by molar-refractivity contribution is -0.132. The average Bonchev–Trinajstić information content (AvgIpc) is 2.09. The minimum absolute atomic E-state index is 0.836.